The molecule has 0 spiro atoms. The second-order valence-electron chi connectivity index (χ2n) is 12.5. The molecule has 5 N–H and O–H groups in total. The van der Waals surface area contributed by atoms with E-state index in [2.05, 4.69) is 61.9 Å². The summed E-state index contributed by atoms with van der Waals surface area (Å²) in [7, 11) is -2.48. The molecule has 0 saturated carbocycles. The molecule has 3 heterocycles. The SMILES string of the molecule is C=C(Nc1cnccc1N1CC[C@@H](NC(=O)OC(C)(C)C)[C@H](CC(C)(C)[Si](C)(C)O)C1)c1nc(Br)ccc1N. The monoisotopic (exact) mass is 618 g/mol. The molecule has 1 saturated heterocycles. The number of hydrogen-bond donors (Lipinski definition) is 4. The summed E-state index contributed by atoms with van der Waals surface area (Å²) < 4.78 is 6.24. The first kappa shape index (κ1) is 30.9. The number of alkyl carbamates (subject to hydrolysis) is 1. The van der Waals surface area contributed by atoms with Crippen LogP contribution in [0.4, 0.5) is 21.9 Å². The van der Waals surface area contributed by atoms with E-state index < -0.39 is 20.0 Å². The lowest BCUT2D eigenvalue weighted by Crippen LogP contribution is -2.54. The van der Waals surface area contributed by atoms with E-state index in [0.29, 0.717) is 28.2 Å². The number of anilines is 3. The number of nitrogens with two attached hydrogens (primary N) is 1. The number of carbonyl (C=O) groups excluding carboxylic acids is 1. The number of nitrogens with zero attached hydrogens (tertiary/aromatic N) is 3. The molecule has 1 aliphatic rings. The average Bonchev–Trinajstić information content (AvgIpc) is 2.80. The molecule has 9 nitrogen and oxygen atoms in total. The van der Waals surface area contributed by atoms with E-state index >= 15 is 0 Å². The summed E-state index contributed by atoms with van der Waals surface area (Å²) in [5.41, 5.74) is 8.99. The van der Waals surface area contributed by atoms with Crippen molar-refractivity contribution in [1.82, 2.24) is 15.3 Å². The van der Waals surface area contributed by atoms with Gasteiger partial charge in [0.2, 0.25) is 0 Å². The molecule has 2 atom stereocenters. The lowest BCUT2D eigenvalue weighted by atomic mass is 9.84. The van der Waals surface area contributed by atoms with Crippen LogP contribution >= 0.6 is 15.9 Å². The van der Waals surface area contributed by atoms with Gasteiger partial charge in [0, 0.05) is 25.3 Å². The molecule has 1 fully saturated rings. The summed E-state index contributed by atoms with van der Waals surface area (Å²) in [6.07, 6.45) is 4.62. The van der Waals surface area contributed by atoms with Gasteiger partial charge in [0.05, 0.1) is 29.0 Å². The molecule has 39 heavy (non-hydrogen) atoms. The molecular formula is C28H43BrN6O3Si. The van der Waals surface area contributed by atoms with Gasteiger partial charge in [-0.25, -0.2) is 9.78 Å². The van der Waals surface area contributed by atoms with Crippen molar-refractivity contribution < 1.29 is 14.3 Å². The molecule has 1 aliphatic heterocycles. The van der Waals surface area contributed by atoms with Crippen molar-refractivity contribution in [3.8, 4) is 0 Å². The van der Waals surface area contributed by atoms with Crippen molar-refractivity contribution in [2.45, 2.75) is 77.2 Å². The highest BCUT2D eigenvalue weighted by molar-refractivity contribution is 9.10. The summed E-state index contributed by atoms with van der Waals surface area (Å²) in [4.78, 5) is 34.9. The Balaban J connectivity index is 1.86. The third kappa shape index (κ3) is 8.18. The number of nitrogens with one attached hydrogen (secondary N) is 2. The molecule has 2 aromatic rings. The maximum Gasteiger partial charge on any atom is 0.407 e. The second-order valence-corrected chi connectivity index (χ2v) is 17.7. The first-order valence-electron chi connectivity index (χ1n) is 13.3. The van der Waals surface area contributed by atoms with Gasteiger partial charge in [-0.05, 0) is 91.8 Å². The number of pyridine rings is 2. The first-order valence-corrected chi connectivity index (χ1v) is 17.0. The average molecular weight is 620 g/mol. The van der Waals surface area contributed by atoms with Gasteiger partial charge in [-0.15, -0.1) is 0 Å². The lowest BCUT2D eigenvalue weighted by Gasteiger charge is -2.45. The van der Waals surface area contributed by atoms with E-state index in [1.165, 1.54) is 0 Å². The van der Waals surface area contributed by atoms with Gasteiger partial charge in [-0.1, -0.05) is 20.4 Å². The zero-order valence-corrected chi connectivity index (χ0v) is 26.7. The smallest absolute Gasteiger partial charge is 0.407 e. The summed E-state index contributed by atoms with van der Waals surface area (Å²) in [6.45, 7) is 19.4. The largest absolute Gasteiger partial charge is 0.444 e. The molecule has 0 bridgehead atoms. The molecule has 0 radical (unpaired) electrons. The van der Waals surface area contributed by atoms with E-state index in [1.54, 1.807) is 24.5 Å². The first-order chi connectivity index (χ1) is 18.0. The third-order valence-corrected chi connectivity index (χ3v) is 11.4. The maximum absolute atomic E-state index is 12.7. The van der Waals surface area contributed by atoms with Crippen molar-refractivity contribution in [2.24, 2.45) is 5.92 Å². The number of aromatic nitrogens is 2. The zero-order valence-electron chi connectivity index (χ0n) is 24.1. The van der Waals surface area contributed by atoms with Crippen LogP contribution in [-0.4, -0.2) is 53.9 Å². The number of carbonyl (C=O) groups is 1. The molecule has 3 rings (SSSR count). The van der Waals surface area contributed by atoms with E-state index in [0.717, 1.165) is 30.8 Å². The second kappa shape index (κ2) is 11.9. The molecule has 0 aromatic carbocycles. The Morgan fingerprint density at radius 1 is 1.28 bits per heavy atom. The summed E-state index contributed by atoms with van der Waals surface area (Å²) >= 11 is 3.40. The van der Waals surface area contributed by atoms with Gasteiger partial charge in [-0.3, -0.25) is 4.98 Å². The fourth-order valence-electron chi connectivity index (χ4n) is 4.68. The highest BCUT2D eigenvalue weighted by atomic mass is 79.9. The molecule has 2 aromatic heterocycles. The minimum atomic E-state index is -2.48. The predicted molar refractivity (Wildman–Crippen MR) is 165 cm³/mol. The highest BCUT2D eigenvalue weighted by Crippen LogP contribution is 2.44. The van der Waals surface area contributed by atoms with Crippen molar-refractivity contribution in [1.29, 1.82) is 0 Å². The molecule has 214 valence electrons. The minimum absolute atomic E-state index is 0.0781. The van der Waals surface area contributed by atoms with Gasteiger partial charge in [0.25, 0.3) is 0 Å². The van der Waals surface area contributed by atoms with Crippen LogP contribution < -0.4 is 21.3 Å². The van der Waals surface area contributed by atoms with E-state index in [-0.39, 0.29) is 17.0 Å². The van der Waals surface area contributed by atoms with Crippen LogP contribution in [-0.2, 0) is 4.74 Å². The van der Waals surface area contributed by atoms with Crippen LogP contribution in [0.15, 0.2) is 41.8 Å². The van der Waals surface area contributed by atoms with Crippen LogP contribution in [0.1, 0.15) is 53.2 Å². The standard InChI is InChI=1S/C28H43BrN6O3Si/c1-18(25-20(30)9-10-24(29)34-25)32-22-16-31-13-11-23(22)35-14-12-21(33-26(36)38-27(2,3)4)19(17-35)15-28(5,6)39(7,8)37/h9-11,13,16,19,21,32,37H,1,12,14-15,17,30H2,2-8H3,(H,33,36)/t19-,21-/m1/s1. The van der Waals surface area contributed by atoms with E-state index in [9.17, 15) is 9.59 Å². The number of hydrogen-bond acceptors (Lipinski definition) is 8. The molecular weight excluding hydrogens is 576 g/mol. The Kier molecular flexibility index (Phi) is 9.39. The number of halogens is 1. The lowest BCUT2D eigenvalue weighted by molar-refractivity contribution is 0.0472. The topological polar surface area (TPSA) is 126 Å². The summed E-state index contributed by atoms with van der Waals surface area (Å²) in [6, 6.07) is 5.46. The number of piperidine rings is 1. The highest BCUT2D eigenvalue weighted by Gasteiger charge is 2.43. The summed E-state index contributed by atoms with van der Waals surface area (Å²) in [5, 5.41) is 6.23. The van der Waals surface area contributed by atoms with Crippen molar-refractivity contribution in [3.05, 3.63) is 47.5 Å². The normalized spacial score (nSPS) is 18.4. The van der Waals surface area contributed by atoms with Gasteiger partial charge in [0.15, 0.2) is 8.32 Å². The van der Waals surface area contributed by atoms with Gasteiger partial charge in [-0.2, -0.15) is 0 Å². The fraction of sp³-hybridized carbons (Fsp3) is 0.536. The van der Waals surface area contributed by atoms with Crippen molar-refractivity contribution in [3.63, 3.8) is 0 Å². The minimum Gasteiger partial charge on any atom is -0.444 e. The summed E-state index contributed by atoms with van der Waals surface area (Å²) in [5.74, 6) is 0.0896. The Morgan fingerprint density at radius 2 is 1.97 bits per heavy atom. The number of ether oxygens (including phenoxy) is 1. The van der Waals surface area contributed by atoms with Crippen molar-refractivity contribution in [2.75, 3.05) is 29.0 Å². The Labute approximate surface area is 241 Å². The van der Waals surface area contributed by atoms with Crippen LogP contribution in [0.25, 0.3) is 5.70 Å². The number of amides is 1. The number of rotatable bonds is 8. The van der Waals surface area contributed by atoms with Crippen LogP contribution in [0.2, 0.25) is 18.1 Å². The maximum atomic E-state index is 12.7. The quantitative estimate of drug-likeness (QED) is 0.210. The Hall–Kier alpha value is -2.63. The van der Waals surface area contributed by atoms with Crippen molar-refractivity contribution >= 4 is 53.1 Å². The Morgan fingerprint density at radius 3 is 2.62 bits per heavy atom. The predicted octanol–water partition coefficient (Wildman–Crippen LogP) is 5.99. The van der Waals surface area contributed by atoms with E-state index in [4.69, 9.17) is 10.5 Å². The van der Waals surface area contributed by atoms with E-state index in [1.807, 2.05) is 39.9 Å². The Bertz CT molecular complexity index is 1190. The van der Waals surface area contributed by atoms with Crippen LogP contribution in [0.5, 0.6) is 0 Å². The van der Waals surface area contributed by atoms with Crippen LogP contribution in [0.3, 0.4) is 0 Å². The van der Waals surface area contributed by atoms with Gasteiger partial charge in [0.1, 0.15) is 15.9 Å². The molecule has 1 amide bonds. The molecule has 0 aliphatic carbocycles. The fourth-order valence-corrected chi connectivity index (χ4v) is 5.75. The number of nitrogen functional groups attached to an aromatic ring is 1. The van der Waals surface area contributed by atoms with Gasteiger partial charge < -0.3 is 30.8 Å². The molecule has 11 heteroatoms. The third-order valence-electron chi connectivity index (χ3n) is 7.47. The van der Waals surface area contributed by atoms with Gasteiger partial charge >= 0.3 is 6.09 Å². The molecule has 0 unspecified atom stereocenters. The zero-order chi connectivity index (χ0) is 29.2. The van der Waals surface area contributed by atoms with Crippen LogP contribution in [0, 0.1) is 5.92 Å².